The first-order valence-corrected chi connectivity index (χ1v) is 10.8. The van der Waals surface area contributed by atoms with Crippen LogP contribution in [0.3, 0.4) is 0 Å². The summed E-state index contributed by atoms with van der Waals surface area (Å²) in [7, 11) is 0. The van der Waals surface area contributed by atoms with Gasteiger partial charge in [-0.3, -0.25) is 9.69 Å². The lowest BCUT2D eigenvalue weighted by molar-refractivity contribution is 0.0983. The Kier molecular flexibility index (Phi) is 4.81. The first kappa shape index (κ1) is 18.6. The normalized spacial score (nSPS) is 11.2. The summed E-state index contributed by atoms with van der Waals surface area (Å²) in [4.78, 5) is 20.0. The number of fused-ring (bicyclic) bond motifs is 2. The summed E-state index contributed by atoms with van der Waals surface area (Å²) in [6.07, 6.45) is 2.59. The van der Waals surface area contributed by atoms with Crippen molar-refractivity contribution >= 4 is 43.4 Å². The molecule has 0 saturated heterocycles. The van der Waals surface area contributed by atoms with Gasteiger partial charge in [0.2, 0.25) is 0 Å². The van der Waals surface area contributed by atoms with Crippen molar-refractivity contribution in [3.8, 4) is 0 Å². The lowest BCUT2D eigenvalue weighted by Gasteiger charge is -2.19. The van der Waals surface area contributed by atoms with Gasteiger partial charge in [-0.1, -0.05) is 54.7 Å². The summed E-state index contributed by atoms with van der Waals surface area (Å²) < 4.78 is 6.62. The van der Waals surface area contributed by atoms with Gasteiger partial charge in [-0.15, -0.1) is 0 Å². The molecule has 0 aliphatic rings. The van der Waals surface area contributed by atoms with Gasteiger partial charge in [0, 0.05) is 5.56 Å². The highest BCUT2D eigenvalue weighted by atomic mass is 32.1. The lowest BCUT2D eigenvalue weighted by atomic mass is 10.1. The molecule has 148 valence electrons. The number of furan rings is 1. The highest BCUT2D eigenvalue weighted by molar-refractivity contribution is 7.22. The number of benzene rings is 3. The van der Waals surface area contributed by atoms with Gasteiger partial charge in [0.1, 0.15) is 5.76 Å². The number of anilines is 1. The van der Waals surface area contributed by atoms with E-state index in [2.05, 4.69) is 19.1 Å². The Morgan fingerprint density at radius 3 is 2.67 bits per heavy atom. The van der Waals surface area contributed by atoms with E-state index in [1.807, 2.05) is 60.7 Å². The van der Waals surface area contributed by atoms with E-state index >= 15 is 0 Å². The summed E-state index contributed by atoms with van der Waals surface area (Å²) >= 11 is 1.54. The largest absolute Gasteiger partial charge is 0.467 e. The molecule has 0 saturated carbocycles. The van der Waals surface area contributed by atoms with Gasteiger partial charge in [0.15, 0.2) is 5.13 Å². The van der Waals surface area contributed by atoms with E-state index < -0.39 is 0 Å². The van der Waals surface area contributed by atoms with Crippen LogP contribution in [0.4, 0.5) is 5.13 Å². The van der Waals surface area contributed by atoms with Crippen LogP contribution in [0.1, 0.15) is 28.6 Å². The lowest BCUT2D eigenvalue weighted by Crippen LogP contribution is -2.30. The van der Waals surface area contributed by atoms with E-state index in [-0.39, 0.29) is 5.91 Å². The summed E-state index contributed by atoms with van der Waals surface area (Å²) in [6, 6.07) is 23.8. The van der Waals surface area contributed by atoms with Gasteiger partial charge in [-0.2, -0.15) is 0 Å². The van der Waals surface area contributed by atoms with Crippen molar-refractivity contribution in [2.45, 2.75) is 19.9 Å². The third kappa shape index (κ3) is 3.48. The number of amides is 1. The van der Waals surface area contributed by atoms with Crippen molar-refractivity contribution in [3.05, 3.63) is 95.9 Å². The van der Waals surface area contributed by atoms with E-state index in [9.17, 15) is 4.79 Å². The van der Waals surface area contributed by atoms with E-state index in [1.165, 1.54) is 16.9 Å². The molecule has 0 spiro atoms. The molecule has 0 aliphatic carbocycles. The number of rotatable bonds is 5. The summed E-state index contributed by atoms with van der Waals surface area (Å²) in [5, 5.41) is 2.82. The van der Waals surface area contributed by atoms with Crippen molar-refractivity contribution < 1.29 is 9.21 Å². The molecular formula is C25H20N2O2S. The first-order chi connectivity index (χ1) is 14.7. The fourth-order valence-corrected chi connectivity index (χ4v) is 4.58. The Morgan fingerprint density at radius 1 is 1.00 bits per heavy atom. The van der Waals surface area contributed by atoms with Crippen LogP contribution in [-0.4, -0.2) is 10.9 Å². The second kappa shape index (κ2) is 7.76. The molecular weight excluding hydrogens is 392 g/mol. The smallest absolute Gasteiger partial charge is 0.260 e. The van der Waals surface area contributed by atoms with Crippen molar-refractivity contribution in [2.75, 3.05) is 4.90 Å². The number of carbonyl (C=O) groups is 1. The molecule has 0 radical (unpaired) electrons. The van der Waals surface area contributed by atoms with Crippen LogP contribution < -0.4 is 4.90 Å². The average Bonchev–Trinajstić information content (AvgIpc) is 3.45. The monoisotopic (exact) mass is 412 g/mol. The number of nitrogens with zero attached hydrogens (tertiary/aromatic N) is 2. The number of thiazole rings is 1. The number of aryl methyl sites for hydroxylation is 1. The third-order valence-corrected chi connectivity index (χ3v) is 6.26. The molecule has 30 heavy (non-hydrogen) atoms. The maximum Gasteiger partial charge on any atom is 0.260 e. The number of hydrogen-bond acceptors (Lipinski definition) is 4. The molecule has 2 heterocycles. The minimum atomic E-state index is -0.0908. The Balaban J connectivity index is 1.58. The highest BCUT2D eigenvalue weighted by Crippen LogP contribution is 2.32. The van der Waals surface area contributed by atoms with Gasteiger partial charge in [0.25, 0.3) is 5.91 Å². The zero-order chi connectivity index (χ0) is 20.5. The molecule has 0 aliphatic heterocycles. The Morgan fingerprint density at radius 2 is 1.87 bits per heavy atom. The molecule has 2 aromatic heterocycles. The molecule has 0 N–H and O–H groups in total. The van der Waals surface area contributed by atoms with Gasteiger partial charge in [-0.05, 0) is 59.2 Å². The predicted octanol–water partition coefficient (Wildman–Crippen LogP) is 6.45. The minimum absolute atomic E-state index is 0.0908. The van der Waals surface area contributed by atoms with Crippen LogP contribution in [0.15, 0.2) is 83.5 Å². The zero-order valence-electron chi connectivity index (χ0n) is 16.5. The van der Waals surface area contributed by atoms with Crippen molar-refractivity contribution in [1.29, 1.82) is 0 Å². The molecule has 5 aromatic rings. The standard InChI is InChI=1S/C25H20N2O2S/c1-2-17-9-12-22-23(14-17)30-25(26-22)27(16-21-8-5-13-29-21)24(28)20-11-10-18-6-3-4-7-19(18)15-20/h3-15H,2,16H2,1H3. The second-order valence-corrected chi connectivity index (χ2v) is 8.19. The van der Waals surface area contributed by atoms with Crippen molar-refractivity contribution in [3.63, 3.8) is 0 Å². The molecule has 4 nitrogen and oxygen atoms in total. The van der Waals surface area contributed by atoms with E-state index in [0.717, 1.165) is 33.2 Å². The summed E-state index contributed by atoms with van der Waals surface area (Å²) in [5.74, 6) is 0.629. The molecule has 0 unspecified atom stereocenters. The van der Waals surface area contributed by atoms with Crippen LogP contribution in [-0.2, 0) is 13.0 Å². The van der Waals surface area contributed by atoms with Gasteiger partial charge < -0.3 is 4.42 Å². The van der Waals surface area contributed by atoms with Crippen LogP contribution in [0.25, 0.3) is 21.0 Å². The molecule has 1 amide bonds. The maximum atomic E-state index is 13.6. The van der Waals surface area contributed by atoms with Gasteiger partial charge >= 0.3 is 0 Å². The Bertz CT molecular complexity index is 1340. The second-order valence-electron chi connectivity index (χ2n) is 7.18. The van der Waals surface area contributed by atoms with Crippen molar-refractivity contribution in [1.82, 2.24) is 4.98 Å². The fraction of sp³-hybridized carbons (Fsp3) is 0.120. The Labute approximate surface area is 178 Å². The van der Waals surface area contributed by atoms with Crippen LogP contribution in [0.2, 0.25) is 0 Å². The number of aromatic nitrogens is 1. The number of carbonyl (C=O) groups excluding carboxylic acids is 1. The van der Waals surface area contributed by atoms with Crippen LogP contribution in [0.5, 0.6) is 0 Å². The quantitative estimate of drug-likeness (QED) is 0.333. The number of hydrogen-bond donors (Lipinski definition) is 0. The molecule has 0 bridgehead atoms. The van der Waals surface area contributed by atoms with Crippen LogP contribution in [0, 0.1) is 0 Å². The molecule has 3 aromatic carbocycles. The Hall–Kier alpha value is -3.44. The van der Waals surface area contributed by atoms with E-state index in [0.29, 0.717) is 17.2 Å². The molecule has 0 fully saturated rings. The first-order valence-electron chi connectivity index (χ1n) is 9.94. The van der Waals surface area contributed by atoms with Crippen molar-refractivity contribution in [2.24, 2.45) is 0 Å². The molecule has 0 atom stereocenters. The van der Waals surface area contributed by atoms with Gasteiger partial charge in [-0.25, -0.2) is 4.98 Å². The zero-order valence-corrected chi connectivity index (χ0v) is 17.4. The van der Waals surface area contributed by atoms with E-state index in [4.69, 9.17) is 9.40 Å². The minimum Gasteiger partial charge on any atom is -0.467 e. The molecule has 5 heteroatoms. The SMILES string of the molecule is CCc1ccc2nc(N(Cc3ccco3)C(=O)c3ccc4ccccc4c3)sc2c1. The van der Waals surface area contributed by atoms with Crippen LogP contribution >= 0.6 is 11.3 Å². The fourth-order valence-electron chi connectivity index (χ4n) is 3.56. The maximum absolute atomic E-state index is 13.6. The topological polar surface area (TPSA) is 46.3 Å². The predicted molar refractivity (Wildman–Crippen MR) is 122 cm³/mol. The summed E-state index contributed by atoms with van der Waals surface area (Å²) in [6.45, 7) is 2.47. The highest BCUT2D eigenvalue weighted by Gasteiger charge is 2.23. The van der Waals surface area contributed by atoms with Gasteiger partial charge in [0.05, 0.1) is 23.0 Å². The summed E-state index contributed by atoms with van der Waals surface area (Å²) in [5.41, 5.74) is 2.80. The average molecular weight is 413 g/mol. The third-order valence-electron chi connectivity index (χ3n) is 5.22. The molecule has 5 rings (SSSR count). The van der Waals surface area contributed by atoms with E-state index in [1.54, 1.807) is 11.2 Å².